The van der Waals surface area contributed by atoms with Crippen LogP contribution in [0.2, 0.25) is 0 Å². The normalized spacial score (nSPS) is 22.3. The van der Waals surface area contributed by atoms with Crippen LogP contribution in [0.4, 0.5) is 0 Å². The van der Waals surface area contributed by atoms with Gasteiger partial charge in [0.1, 0.15) is 12.2 Å². The molecule has 6 heteroatoms. The fraction of sp³-hybridized carbons (Fsp3) is 0.833. The van der Waals surface area contributed by atoms with Gasteiger partial charge in [0.15, 0.2) is 0 Å². The van der Waals surface area contributed by atoms with E-state index < -0.39 is 0 Å². The summed E-state index contributed by atoms with van der Waals surface area (Å²) >= 11 is 2.03. The molecule has 1 aliphatic rings. The van der Waals surface area contributed by atoms with Gasteiger partial charge in [-0.25, -0.2) is 9.67 Å². The molecule has 0 aromatic carbocycles. The van der Waals surface area contributed by atoms with E-state index in [-0.39, 0.29) is 6.04 Å². The lowest BCUT2D eigenvalue weighted by Crippen LogP contribution is -2.45. The summed E-state index contributed by atoms with van der Waals surface area (Å²) in [6.45, 7) is 4.25. The number of aromatic nitrogens is 3. The fourth-order valence-electron chi connectivity index (χ4n) is 2.43. The first kappa shape index (κ1) is 13.8. The molecule has 1 fully saturated rings. The number of hydrazine groups is 1. The quantitative estimate of drug-likeness (QED) is 0.626. The minimum atomic E-state index is 0.289. The molecule has 1 saturated heterocycles. The van der Waals surface area contributed by atoms with E-state index in [4.69, 9.17) is 5.84 Å². The van der Waals surface area contributed by atoms with Gasteiger partial charge in [-0.1, -0.05) is 6.42 Å². The maximum absolute atomic E-state index is 5.73. The average molecular weight is 269 g/mol. The van der Waals surface area contributed by atoms with Gasteiger partial charge in [-0.3, -0.25) is 11.3 Å². The van der Waals surface area contributed by atoms with E-state index in [0.29, 0.717) is 11.3 Å². The Morgan fingerprint density at radius 1 is 1.56 bits per heavy atom. The highest BCUT2D eigenvalue weighted by Crippen LogP contribution is 2.28. The summed E-state index contributed by atoms with van der Waals surface area (Å²) < 4.78 is 1.98. The molecule has 0 aliphatic carbocycles. The van der Waals surface area contributed by atoms with Crippen LogP contribution in [-0.4, -0.2) is 31.8 Å². The van der Waals surface area contributed by atoms with E-state index >= 15 is 0 Å². The number of rotatable bonds is 5. The lowest BCUT2D eigenvalue weighted by Gasteiger charge is -2.29. The second-order valence-corrected chi connectivity index (χ2v) is 6.44. The zero-order valence-electron chi connectivity index (χ0n) is 11.2. The fourth-order valence-corrected chi connectivity index (χ4v) is 3.84. The van der Waals surface area contributed by atoms with Crippen LogP contribution in [-0.2, 0) is 6.42 Å². The third-order valence-corrected chi connectivity index (χ3v) is 4.93. The number of hydrogen-bond donors (Lipinski definition) is 2. The Morgan fingerprint density at radius 3 is 3.00 bits per heavy atom. The Bertz CT molecular complexity index is 359. The second kappa shape index (κ2) is 6.54. The van der Waals surface area contributed by atoms with Crippen molar-refractivity contribution in [3.05, 3.63) is 12.2 Å². The van der Waals surface area contributed by atoms with E-state index in [9.17, 15) is 0 Å². The van der Waals surface area contributed by atoms with E-state index in [1.165, 1.54) is 25.0 Å². The van der Waals surface area contributed by atoms with Crippen LogP contribution in [0.3, 0.4) is 0 Å². The third-order valence-electron chi connectivity index (χ3n) is 3.42. The second-order valence-electron chi connectivity index (χ2n) is 5.10. The van der Waals surface area contributed by atoms with Crippen molar-refractivity contribution in [2.45, 2.75) is 56.9 Å². The number of nitrogens with two attached hydrogens (primary N) is 1. The minimum absolute atomic E-state index is 0.289. The maximum Gasteiger partial charge on any atom is 0.138 e. The Morgan fingerprint density at radius 2 is 2.39 bits per heavy atom. The molecule has 102 valence electrons. The first-order valence-corrected chi connectivity index (χ1v) is 7.73. The highest BCUT2D eigenvalue weighted by Gasteiger charge is 2.25. The van der Waals surface area contributed by atoms with Gasteiger partial charge in [0, 0.05) is 23.8 Å². The van der Waals surface area contributed by atoms with Crippen molar-refractivity contribution in [2.24, 2.45) is 5.84 Å². The predicted octanol–water partition coefficient (Wildman–Crippen LogP) is 1.52. The van der Waals surface area contributed by atoms with Gasteiger partial charge in [-0.05, 0) is 32.4 Å². The Kier molecular flexibility index (Phi) is 5.03. The lowest BCUT2D eigenvalue weighted by molar-refractivity contribution is 0.435. The van der Waals surface area contributed by atoms with Crippen LogP contribution in [0.1, 0.15) is 45.0 Å². The van der Waals surface area contributed by atoms with Gasteiger partial charge in [-0.2, -0.15) is 16.9 Å². The SMILES string of the molecule is CC(C)n1ncnc1CC(NN)C1CCCCS1. The Hall–Kier alpha value is -0.590. The van der Waals surface area contributed by atoms with Crippen LogP contribution in [0, 0.1) is 0 Å². The molecule has 0 spiro atoms. The Balaban J connectivity index is 2.02. The van der Waals surface area contributed by atoms with Crippen LogP contribution in [0.25, 0.3) is 0 Å². The van der Waals surface area contributed by atoms with E-state index in [1.54, 1.807) is 6.33 Å². The van der Waals surface area contributed by atoms with Crippen molar-refractivity contribution in [3.8, 4) is 0 Å². The van der Waals surface area contributed by atoms with Gasteiger partial charge >= 0.3 is 0 Å². The zero-order chi connectivity index (χ0) is 13.0. The standard InChI is InChI=1S/C12H23N5S/c1-9(2)17-12(14-8-15-17)7-10(16-13)11-5-3-4-6-18-11/h8-11,16H,3-7,13H2,1-2H3. The molecular weight excluding hydrogens is 246 g/mol. The molecule has 18 heavy (non-hydrogen) atoms. The van der Waals surface area contributed by atoms with Crippen molar-refractivity contribution in [1.82, 2.24) is 20.2 Å². The van der Waals surface area contributed by atoms with Crippen molar-refractivity contribution in [1.29, 1.82) is 0 Å². The van der Waals surface area contributed by atoms with Crippen molar-refractivity contribution in [3.63, 3.8) is 0 Å². The maximum atomic E-state index is 5.73. The summed E-state index contributed by atoms with van der Waals surface area (Å²) in [5.74, 6) is 8.00. The molecule has 0 bridgehead atoms. The van der Waals surface area contributed by atoms with Crippen LogP contribution < -0.4 is 11.3 Å². The molecule has 1 aromatic heterocycles. The number of thioether (sulfide) groups is 1. The molecule has 0 amide bonds. The van der Waals surface area contributed by atoms with Crippen molar-refractivity contribution >= 4 is 11.8 Å². The lowest BCUT2D eigenvalue weighted by atomic mass is 10.0. The molecule has 2 atom stereocenters. The van der Waals surface area contributed by atoms with Gasteiger partial charge in [0.25, 0.3) is 0 Å². The highest BCUT2D eigenvalue weighted by molar-refractivity contribution is 8.00. The molecule has 5 nitrogen and oxygen atoms in total. The van der Waals surface area contributed by atoms with Gasteiger partial charge in [0.2, 0.25) is 0 Å². The van der Waals surface area contributed by atoms with E-state index in [1.807, 2.05) is 16.4 Å². The Labute approximate surface area is 113 Å². The summed E-state index contributed by atoms with van der Waals surface area (Å²) in [5.41, 5.74) is 2.97. The molecule has 0 saturated carbocycles. The summed E-state index contributed by atoms with van der Waals surface area (Å²) in [4.78, 5) is 4.37. The molecular formula is C12H23N5S. The number of nitrogens with zero attached hydrogens (tertiary/aromatic N) is 3. The highest BCUT2D eigenvalue weighted by atomic mass is 32.2. The number of nitrogens with one attached hydrogen (secondary N) is 1. The monoisotopic (exact) mass is 269 g/mol. The summed E-state index contributed by atoms with van der Waals surface area (Å²) in [6, 6.07) is 0.636. The molecule has 0 radical (unpaired) electrons. The van der Waals surface area contributed by atoms with Crippen molar-refractivity contribution < 1.29 is 0 Å². The first-order valence-electron chi connectivity index (χ1n) is 6.68. The summed E-state index contributed by atoms with van der Waals surface area (Å²) in [5, 5.41) is 4.88. The van der Waals surface area contributed by atoms with Crippen LogP contribution >= 0.6 is 11.8 Å². The zero-order valence-corrected chi connectivity index (χ0v) is 12.0. The van der Waals surface area contributed by atoms with E-state index in [0.717, 1.165) is 12.2 Å². The van der Waals surface area contributed by atoms with E-state index in [2.05, 4.69) is 29.4 Å². The largest absolute Gasteiger partial charge is 0.271 e. The molecule has 1 aliphatic heterocycles. The summed E-state index contributed by atoms with van der Waals surface area (Å²) in [6.07, 6.45) is 6.38. The van der Waals surface area contributed by atoms with Gasteiger partial charge < -0.3 is 0 Å². The number of hydrogen-bond acceptors (Lipinski definition) is 5. The van der Waals surface area contributed by atoms with Crippen molar-refractivity contribution in [2.75, 3.05) is 5.75 Å². The molecule has 2 rings (SSSR count). The van der Waals surface area contributed by atoms with Gasteiger partial charge in [0.05, 0.1) is 0 Å². The molecule has 2 unspecified atom stereocenters. The van der Waals surface area contributed by atoms with Crippen LogP contribution in [0.5, 0.6) is 0 Å². The van der Waals surface area contributed by atoms with Gasteiger partial charge in [-0.15, -0.1) is 0 Å². The first-order chi connectivity index (χ1) is 8.72. The summed E-state index contributed by atoms with van der Waals surface area (Å²) in [7, 11) is 0. The van der Waals surface area contributed by atoms with Crippen LogP contribution in [0.15, 0.2) is 6.33 Å². The molecule has 2 heterocycles. The minimum Gasteiger partial charge on any atom is -0.271 e. The molecule has 3 N–H and O–H groups in total. The average Bonchev–Trinajstić information content (AvgIpc) is 2.85. The molecule has 1 aromatic rings. The third kappa shape index (κ3) is 3.24. The smallest absolute Gasteiger partial charge is 0.138 e. The predicted molar refractivity (Wildman–Crippen MR) is 75.3 cm³/mol. The topological polar surface area (TPSA) is 68.8 Å².